The molecule has 2 aliphatic heterocycles. The van der Waals surface area contributed by atoms with Crippen LogP contribution in [0.25, 0.3) is 0 Å². The van der Waals surface area contributed by atoms with Crippen LogP contribution in [0.3, 0.4) is 0 Å². The molecule has 3 aromatic rings. The number of aliphatic hydroxyl groups excluding tert-OH is 2. The van der Waals surface area contributed by atoms with E-state index in [1.54, 1.807) is 6.08 Å². The Morgan fingerprint density at radius 2 is 1.59 bits per heavy atom. The Balaban J connectivity index is 0.908. The van der Waals surface area contributed by atoms with E-state index < -0.39 is 68.4 Å². The van der Waals surface area contributed by atoms with Crippen LogP contribution in [0.2, 0.25) is 0 Å². The quantitative estimate of drug-likeness (QED) is 0.0823. The molecular weight excluding hydrogens is 1080 g/mol. The summed E-state index contributed by atoms with van der Waals surface area (Å²) in [6.07, 6.45) is 19.5. The van der Waals surface area contributed by atoms with Gasteiger partial charge in [-0.05, 0) is 240 Å². The molecule has 2 heterocycles. The summed E-state index contributed by atoms with van der Waals surface area (Å²) in [5.74, 6) is 7.04. The monoisotopic (exact) mass is 1180 g/mol. The molecular formula is C77H95NO9. The highest BCUT2D eigenvalue weighted by molar-refractivity contribution is 5.86. The average Bonchev–Trinajstić information content (AvgIpc) is 1.64. The SMILES string of the molecule is CNC1Cc2c(cccc2CO)C#CC23CCC(Cc4cccc(c4)Cc4cccc(c4)C4CCC5C(C4)CC4CCOC6C7CCC(C(C)C8CCCC8)CC8C(O)C9(O)C(CCC%10(C2)C2C%11=CC(=O)OC%11C1CC2CC%109O)C(C=O)(CC456)C78O)C3. The second kappa shape index (κ2) is 20.2. The van der Waals surface area contributed by atoms with Crippen molar-refractivity contribution in [3.05, 3.63) is 117 Å². The van der Waals surface area contributed by atoms with Crippen molar-refractivity contribution in [2.75, 3.05) is 13.7 Å². The summed E-state index contributed by atoms with van der Waals surface area (Å²) in [4.78, 5) is 30.3. The third-order valence-corrected chi connectivity index (χ3v) is 29.7. The Morgan fingerprint density at radius 1 is 0.782 bits per heavy atom. The molecule has 3 spiro atoms. The van der Waals surface area contributed by atoms with Gasteiger partial charge < -0.3 is 45.1 Å². The molecule has 10 heteroatoms. The number of carbonyl (C=O) groups excluding carboxylic acids is 2. The molecule has 1 saturated heterocycles. The topological polar surface area (TPSA) is 166 Å². The van der Waals surface area contributed by atoms with E-state index in [-0.39, 0.29) is 72.6 Å². The van der Waals surface area contributed by atoms with E-state index in [0.717, 1.165) is 99.2 Å². The largest absolute Gasteiger partial charge is 0.454 e. The number of aliphatic hydroxyl groups is 5. The van der Waals surface area contributed by atoms with E-state index >= 15 is 20.1 Å². The lowest BCUT2D eigenvalue weighted by molar-refractivity contribution is -0.393. The van der Waals surface area contributed by atoms with Gasteiger partial charge >= 0.3 is 5.97 Å². The number of ether oxygens (including phenoxy) is 2. The standard InChI is InChI=1S/C77H95NO9/c1-44(49-11-3-4-12-49)51-16-19-62-70-74-42-73(43-80)65-22-26-72-41-71(24-20-48(38-71)30-46-9-5-8-45(28-46)29-47-10-6-14-52(31-47)53-17-18-61(74)55(32-53)33-57(74)23-27-86-70)25-21-50-13-7-15-54(40-79)58(50)36-64(78-2)59-34-56(67(72)60-37-66(81)87-68(59)60)39-75(72,83)77(65,85)69(82)63(35-51)76(62,73)84/h5-10,13-15,28,31,37,43-44,48-49,51,53,55-57,59,61-65,67-70,78-79,82-85H,3-4,11-12,16-20,22-24,26-27,29-30,32-36,38-42H2,1-2H3. The number of nitrogens with one attached hydrogen (secondary N) is 1. The van der Waals surface area contributed by atoms with Crippen LogP contribution in [0.5, 0.6) is 0 Å². The average molecular weight is 1180 g/mol. The number of benzene rings is 3. The van der Waals surface area contributed by atoms with Crippen LogP contribution in [0, 0.1) is 110 Å². The summed E-state index contributed by atoms with van der Waals surface area (Å²) >= 11 is 0. The smallest absolute Gasteiger partial charge is 0.331 e. The highest BCUT2D eigenvalue weighted by atomic mass is 16.5. The summed E-state index contributed by atoms with van der Waals surface area (Å²) in [5, 5.41) is 75.6. The van der Waals surface area contributed by atoms with Gasteiger partial charge in [0.1, 0.15) is 23.6 Å². The molecule has 21 rings (SSSR count). The molecule has 10 saturated carbocycles. The maximum Gasteiger partial charge on any atom is 0.331 e. The first-order valence-corrected chi connectivity index (χ1v) is 35.1. The summed E-state index contributed by atoms with van der Waals surface area (Å²) in [6.45, 7) is 2.91. The molecule has 462 valence electrons. The summed E-state index contributed by atoms with van der Waals surface area (Å²) in [7, 11) is 1.97. The van der Waals surface area contributed by atoms with Gasteiger partial charge in [-0.15, -0.1) is 0 Å². The number of aldehydes is 1. The molecule has 10 nitrogen and oxygen atoms in total. The first kappa shape index (κ1) is 56.8. The van der Waals surface area contributed by atoms with Gasteiger partial charge in [-0.1, -0.05) is 105 Å². The van der Waals surface area contributed by atoms with Gasteiger partial charge in [-0.2, -0.15) is 0 Å². The normalized spacial score (nSPS) is 48.2. The molecule has 24 unspecified atom stereocenters. The van der Waals surface area contributed by atoms with Crippen LogP contribution in [0.4, 0.5) is 0 Å². The second-order valence-electron chi connectivity index (χ2n) is 32.5. The predicted molar refractivity (Wildman–Crippen MR) is 330 cm³/mol. The van der Waals surface area contributed by atoms with E-state index in [9.17, 15) is 15.0 Å². The van der Waals surface area contributed by atoms with Crippen LogP contribution in [-0.2, 0) is 44.9 Å². The van der Waals surface area contributed by atoms with Gasteiger partial charge in [-0.25, -0.2) is 4.79 Å². The third kappa shape index (κ3) is 7.66. The van der Waals surface area contributed by atoms with Gasteiger partial charge in [0.25, 0.3) is 0 Å². The fourth-order valence-electron chi connectivity index (χ4n) is 26.6. The van der Waals surface area contributed by atoms with Crippen molar-refractivity contribution in [2.24, 2.45) is 98.6 Å². The van der Waals surface area contributed by atoms with Crippen LogP contribution in [0.1, 0.15) is 187 Å². The van der Waals surface area contributed by atoms with E-state index in [1.807, 2.05) is 19.2 Å². The molecule has 6 N–H and O–H groups in total. The number of hydrogen-bond acceptors (Lipinski definition) is 10. The lowest BCUT2D eigenvalue weighted by Crippen LogP contribution is -2.87. The molecule has 0 radical (unpaired) electrons. The second-order valence-corrected chi connectivity index (χ2v) is 32.5. The van der Waals surface area contributed by atoms with Crippen LogP contribution < -0.4 is 5.32 Å². The highest BCUT2D eigenvalue weighted by Crippen LogP contribution is 2.82. The molecule has 87 heavy (non-hydrogen) atoms. The minimum atomic E-state index is -2.23. The van der Waals surface area contributed by atoms with Crippen molar-refractivity contribution in [1.82, 2.24) is 5.32 Å². The van der Waals surface area contributed by atoms with Gasteiger partial charge in [-0.3, -0.25) is 0 Å². The molecule has 18 aliphatic rings. The summed E-state index contributed by atoms with van der Waals surface area (Å²) in [6, 6.07) is 24.6. The third-order valence-electron chi connectivity index (χ3n) is 29.7. The number of carbonyl (C=O) groups is 2. The minimum absolute atomic E-state index is 0.131. The molecule has 11 fully saturated rings. The van der Waals surface area contributed by atoms with Crippen LogP contribution in [-0.4, -0.2) is 92.6 Å². The molecule has 0 amide bonds. The fourth-order valence-corrected chi connectivity index (χ4v) is 26.6. The number of fused-ring (bicyclic) bond motifs is 2. The summed E-state index contributed by atoms with van der Waals surface area (Å²) < 4.78 is 14.0. The highest BCUT2D eigenvalue weighted by Gasteiger charge is 2.88. The van der Waals surface area contributed by atoms with Crippen molar-refractivity contribution < 1.29 is 44.6 Å². The van der Waals surface area contributed by atoms with E-state index in [2.05, 4.69) is 78.7 Å². The van der Waals surface area contributed by atoms with Crippen molar-refractivity contribution >= 4 is 12.3 Å². The molecule has 16 aliphatic carbocycles. The van der Waals surface area contributed by atoms with E-state index in [1.165, 1.54) is 47.9 Å². The van der Waals surface area contributed by atoms with Crippen molar-refractivity contribution in [3.8, 4) is 11.8 Å². The van der Waals surface area contributed by atoms with Gasteiger partial charge in [0, 0.05) is 64.2 Å². The zero-order valence-corrected chi connectivity index (χ0v) is 51.7. The summed E-state index contributed by atoms with van der Waals surface area (Å²) in [5.41, 5.74) is -0.662. The Morgan fingerprint density at radius 3 is 2.41 bits per heavy atom. The Labute approximate surface area is 515 Å². The molecule has 24 atom stereocenters. The zero-order chi connectivity index (χ0) is 59.2. The van der Waals surface area contributed by atoms with E-state index in [0.29, 0.717) is 81.6 Å². The maximum atomic E-state index is 16.0. The lowest BCUT2D eigenvalue weighted by atomic mass is 9.31. The van der Waals surface area contributed by atoms with Crippen LogP contribution in [0.15, 0.2) is 78.4 Å². The fraction of sp³-hybridized carbons (Fsp3) is 0.688. The van der Waals surface area contributed by atoms with Crippen LogP contribution >= 0.6 is 0 Å². The predicted octanol–water partition coefficient (Wildman–Crippen LogP) is 10.9. The number of likely N-dealkylation sites (N-methyl/N-ethyl adjacent to an activating group) is 1. The lowest BCUT2D eigenvalue weighted by Gasteiger charge is -2.76. The van der Waals surface area contributed by atoms with Crippen molar-refractivity contribution in [3.63, 3.8) is 0 Å². The first-order chi connectivity index (χ1) is 42.1. The minimum Gasteiger partial charge on any atom is -0.454 e. The Kier molecular flexibility index (Phi) is 13.2. The maximum absolute atomic E-state index is 16.0. The Hall–Kier alpha value is -4.18. The van der Waals surface area contributed by atoms with E-state index in [4.69, 9.17) is 9.47 Å². The number of hydrogen-bond donors (Lipinski definition) is 6. The zero-order valence-electron chi connectivity index (χ0n) is 51.7. The van der Waals surface area contributed by atoms with Gasteiger partial charge in [0.05, 0.1) is 29.8 Å². The number of esters is 1. The molecule has 0 aromatic heterocycles. The number of rotatable bonds is 5. The molecule has 3 aromatic carbocycles. The Bertz CT molecular complexity index is 3380. The van der Waals surface area contributed by atoms with Crippen molar-refractivity contribution in [2.45, 2.75) is 215 Å². The van der Waals surface area contributed by atoms with Gasteiger partial charge in [0.15, 0.2) is 0 Å². The first-order valence-electron chi connectivity index (χ1n) is 35.1. The van der Waals surface area contributed by atoms with Gasteiger partial charge in [0.2, 0.25) is 0 Å². The van der Waals surface area contributed by atoms with Crippen molar-refractivity contribution in [1.29, 1.82) is 0 Å². The molecule has 17 bridgehead atoms.